The maximum Gasteiger partial charge on any atom is 0.223 e. The lowest BCUT2D eigenvalue weighted by Crippen LogP contribution is -2.37. The number of thiazole rings is 1. The monoisotopic (exact) mass is 360 g/mol. The van der Waals surface area contributed by atoms with Crippen molar-refractivity contribution in [1.82, 2.24) is 14.8 Å². The van der Waals surface area contributed by atoms with E-state index in [0.717, 1.165) is 18.8 Å². The van der Waals surface area contributed by atoms with Crippen molar-refractivity contribution in [2.45, 2.75) is 25.5 Å². The van der Waals surface area contributed by atoms with E-state index in [1.807, 2.05) is 23.6 Å². The number of nitrogens with two attached hydrogens (primary N) is 1. The van der Waals surface area contributed by atoms with Crippen LogP contribution in [0, 0.1) is 0 Å². The lowest BCUT2D eigenvalue weighted by atomic mass is 10.2. The molecule has 134 valence electrons. The van der Waals surface area contributed by atoms with Crippen LogP contribution < -0.4 is 5.73 Å². The molecule has 3 rings (SSSR count). The minimum atomic E-state index is -0.523. The van der Waals surface area contributed by atoms with Gasteiger partial charge < -0.3 is 15.7 Å². The summed E-state index contributed by atoms with van der Waals surface area (Å²) in [7, 11) is 0. The van der Waals surface area contributed by atoms with Crippen LogP contribution >= 0.6 is 11.3 Å². The van der Waals surface area contributed by atoms with Gasteiger partial charge in [0.1, 0.15) is 0 Å². The summed E-state index contributed by atoms with van der Waals surface area (Å²) in [6.07, 6.45) is 0.464. The van der Waals surface area contributed by atoms with E-state index >= 15 is 0 Å². The van der Waals surface area contributed by atoms with E-state index in [2.05, 4.69) is 22.0 Å². The number of benzene rings is 1. The zero-order chi connectivity index (χ0) is 17.6. The Morgan fingerprint density at radius 2 is 2.08 bits per heavy atom. The van der Waals surface area contributed by atoms with Gasteiger partial charge in [-0.3, -0.25) is 9.69 Å². The first kappa shape index (κ1) is 17.8. The van der Waals surface area contributed by atoms with Crippen LogP contribution in [0.25, 0.3) is 0 Å². The maximum atomic E-state index is 12.5. The Morgan fingerprint density at radius 3 is 2.80 bits per heavy atom. The quantitative estimate of drug-likeness (QED) is 0.841. The fourth-order valence-corrected chi connectivity index (χ4v) is 3.69. The van der Waals surface area contributed by atoms with Crippen molar-refractivity contribution < 1.29 is 9.90 Å². The predicted molar refractivity (Wildman–Crippen MR) is 99.2 cm³/mol. The second kappa shape index (κ2) is 8.42. The lowest BCUT2D eigenvalue weighted by Gasteiger charge is -2.21. The van der Waals surface area contributed by atoms with Gasteiger partial charge in [0.15, 0.2) is 5.13 Å². The topological polar surface area (TPSA) is 82.7 Å². The van der Waals surface area contributed by atoms with Crippen LogP contribution in [0.5, 0.6) is 0 Å². The number of aliphatic hydroxyl groups excluding tert-OH is 1. The highest BCUT2D eigenvalue weighted by Crippen LogP contribution is 2.14. The van der Waals surface area contributed by atoms with Crippen molar-refractivity contribution in [3.63, 3.8) is 0 Å². The molecule has 3 N–H and O–H groups in total. The molecule has 1 saturated heterocycles. The summed E-state index contributed by atoms with van der Waals surface area (Å²) in [5.41, 5.74) is 7.70. The molecule has 2 heterocycles. The number of aryl methyl sites for hydroxylation is 1. The van der Waals surface area contributed by atoms with Gasteiger partial charge in [0.05, 0.1) is 11.8 Å². The molecule has 0 saturated carbocycles. The summed E-state index contributed by atoms with van der Waals surface area (Å²) in [5, 5.41) is 12.7. The fraction of sp³-hybridized carbons (Fsp3) is 0.444. The third-order valence-corrected chi connectivity index (χ3v) is 5.08. The second-order valence-corrected chi connectivity index (χ2v) is 7.28. The average molecular weight is 360 g/mol. The molecule has 1 fully saturated rings. The maximum absolute atomic E-state index is 12.5. The van der Waals surface area contributed by atoms with Gasteiger partial charge in [-0.1, -0.05) is 30.3 Å². The number of hydrogen-bond acceptors (Lipinski definition) is 6. The number of nitrogens with zero attached hydrogens (tertiary/aromatic N) is 3. The summed E-state index contributed by atoms with van der Waals surface area (Å²) in [6, 6.07) is 10.2. The first-order valence-corrected chi connectivity index (χ1v) is 9.40. The highest BCUT2D eigenvalue weighted by molar-refractivity contribution is 7.13. The first-order valence-electron chi connectivity index (χ1n) is 8.52. The molecule has 0 bridgehead atoms. The molecule has 0 aliphatic carbocycles. The van der Waals surface area contributed by atoms with Gasteiger partial charge in [0.25, 0.3) is 0 Å². The summed E-state index contributed by atoms with van der Waals surface area (Å²) in [6.45, 7) is 3.17. The van der Waals surface area contributed by atoms with Crippen LogP contribution in [0.1, 0.15) is 17.7 Å². The SMILES string of the molecule is Nc1nc(CCC(=O)N2CCN(Cc3ccccc3)CC(O)C2)cs1. The van der Waals surface area contributed by atoms with Crippen molar-refractivity contribution >= 4 is 22.4 Å². The van der Waals surface area contributed by atoms with Gasteiger partial charge in [-0.15, -0.1) is 11.3 Å². The van der Waals surface area contributed by atoms with E-state index in [-0.39, 0.29) is 5.91 Å². The number of β-amino-alcohol motifs (C(OH)–C–C–N with tert-alkyl or cyclic N) is 1. The van der Waals surface area contributed by atoms with E-state index in [1.165, 1.54) is 16.9 Å². The van der Waals surface area contributed by atoms with Crippen molar-refractivity contribution in [1.29, 1.82) is 0 Å². The van der Waals surface area contributed by atoms with Crippen molar-refractivity contribution in [3.05, 3.63) is 47.0 Å². The molecule has 1 amide bonds. The number of carbonyl (C=O) groups excluding carboxylic acids is 1. The summed E-state index contributed by atoms with van der Waals surface area (Å²) in [5.74, 6) is 0.0622. The van der Waals surface area contributed by atoms with Crippen LogP contribution in [-0.2, 0) is 17.8 Å². The molecule has 25 heavy (non-hydrogen) atoms. The normalized spacial score (nSPS) is 18.9. The first-order chi connectivity index (χ1) is 12.1. The Labute approximate surface area is 151 Å². The number of aliphatic hydroxyl groups is 1. The van der Waals surface area contributed by atoms with Crippen LogP contribution in [0.3, 0.4) is 0 Å². The zero-order valence-electron chi connectivity index (χ0n) is 14.2. The Hall–Kier alpha value is -1.96. The smallest absolute Gasteiger partial charge is 0.223 e. The van der Waals surface area contributed by atoms with Crippen LogP contribution in [0.4, 0.5) is 5.13 Å². The number of hydrogen-bond donors (Lipinski definition) is 2. The third kappa shape index (κ3) is 5.26. The predicted octanol–water partition coefficient (Wildman–Crippen LogP) is 1.36. The van der Waals surface area contributed by atoms with Gasteiger partial charge in [0.2, 0.25) is 5.91 Å². The molecule has 1 aliphatic heterocycles. The van der Waals surface area contributed by atoms with Crippen LogP contribution in [0.15, 0.2) is 35.7 Å². The summed E-state index contributed by atoms with van der Waals surface area (Å²) >= 11 is 1.39. The second-order valence-electron chi connectivity index (χ2n) is 6.39. The number of carbonyl (C=O) groups is 1. The van der Waals surface area contributed by atoms with Crippen molar-refractivity contribution in [2.24, 2.45) is 0 Å². The number of amides is 1. The fourth-order valence-electron chi connectivity index (χ4n) is 3.10. The summed E-state index contributed by atoms with van der Waals surface area (Å²) in [4.78, 5) is 20.6. The molecule has 1 unspecified atom stereocenters. The molecule has 2 aromatic rings. The minimum Gasteiger partial charge on any atom is -0.390 e. The molecular weight excluding hydrogens is 336 g/mol. The van der Waals surface area contributed by atoms with Crippen LogP contribution in [0.2, 0.25) is 0 Å². The van der Waals surface area contributed by atoms with Crippen LogP contribution in [-0.4, -0.2) is 58.1 Å². The zero-order valence-corrected chi connectivity index (χ0v) is 15.0. The Morgan fingerprint density at radius 1 is 1.28 bits per heavy atom. The molecule has 6 nitrogen and oxygen atoms in total. The van der Waals surface area contributed by atoms with Gasteiger partial charge >= 0.3 is 0 Å². The highest BCUT2D eigenvalue weighted by atomic mass is 32.1. The highest BCUT2D eigenvalue weighted by Gasteiger charge is 2.24. The van der Waals surface area contributed by atoms with E-state index in [0.29, 0.717) is 37.6 Å². The number of anilines is 1. The standard InChI is InChI=1S/C18H24N4O2S/c19-18-20-15(13-25-18)6-7-17(24)22-9-8-21(11-16(23)12-22)10-14-4-2-1-3-5-14/h1-5,13,16,23H,6-12H2,(H2,19,20). The Kier molecular flexibility index (Phi) is 6.01. The number of nitrogen functional groups attached to an aromatic ring is 1. The molecule has 1 atom stereocenters. The van der Waals surface area contributed by atoms with Gasteiger partial charge in [-0.25, -0.2) is 4.98 Å². The Balaban J connectivity index is 1.52. The molecule has 7 heteroatoms. The molecule has 1 aromatic carbocycles. The molecule has 1 aliphatic rings. The number of rotatable bonds is 5. The van der Waals surface area contributed by atoms with E-state index in [9.17, 15) is 9.90 Å². The van der Waals surface area contributed by atoms with E-state index in [4.69, 9.17) is 5.73 Å². The van der Waals surface area contributed by atoms with Crippen molar-refractivity contribution in [2.75, 3.05) is 31.9 Å². The van der Waals surface area contributed by atoms with Gasteiger partial charge in [0, 0.05) is 44.5 Å². The molecule has 0 radical (unpaired) electrons. The largest absolute Gasteiger partial charge is 0.390 e. The van der Waals surface area contributed by atoms with Gasteiger partial charge in [-0.2, -0.15) is 0 Å². The van der Waals surface area contributed by atoms with Crippen molar-refractivity contribution in [3.8, 4) is 0 Å². The summed E-state index contributed by atoms with van der Waals surface area (Å²) < 4.78 is 0. The number of aromatic nitrogens is 1. The van der Waals surface area contributed by atoms with E-state index in [1.54, 1.807) is 4.90 Å². The molecular formula is C18H24N4O2S. The molecule has 1 aromatic heterocycles. The molecule has 0 spiro atoms. The minimum absolute atomic E-state index is 0.0622. The third-order valence-electron chi connectivity index (χ3n) is 4.35. The van der Waals surface area contributed by atoms with E-state index < -0.39 is 6.10 Å². The Bertz CT molecular complexity index is 691. The average Bonchev–Trinajstić information content (AvgIpc) is 2.93. The van der Waals surface area contributed by atoms with Gasteiger partial charge in [-0.05, 0) is 12.0 Å². The lowest BCUT2D eigenvalue weighted by molar-refractivity contribution is -0.132.